The van der Waals surface area contributed by atoms with Gasteiger partial charge in [0.2, 0.25) is 0 Å². The molecule has 1 aromatic rings. The van der Waals surface area contributed by atoms with E-state index in [1.807, 2.05) is 30.3 Å². The van der Waals surface area contributed by atoms with Gasteiger partial charge in [-0.2, -0.15) is 5.26 Å². The van der Waals surface area contributed by atoms with E-state index in [4.69, 9.17) is 5.26 Å². The lowest BCUT2D eigenvalue weighted by Crippen LogP contribution is -2.29. The molecule has 0 aliphatic rings. The zero-order valence-corrected chi connectivity index (χ0v) is 9.46. The molecule has 0 spiro atoms. The second-order valence-electron chi connectivity index (χ2n) is 3.21. The fourth-order valence-electron chi connectivity index (χ4n) is 1.19. The summed E-state index contributed by atoms with van der Waals surface area (Å²) in [5.74, 6) is 0.891. The topological polar surface area (TPSA) is 52.9 Å². The van der Waals surface area contributed by atoms with Crippen molar-refractivity contribution in [3.05, 3.63) is 35.9 Å². The highest BCUT2D eigenvalue weighted by Crippen LogP contribution is 2.03. The Labute approximate surface area is 92.6 Å². The Kier molecular flexibility index (Phi) is 5.02. The predicted molar refractivity (Wildman–Crippen MR) is 61.6 cm³/mol. The van der Waals surface area contributed by atoms with Crippen molar-refractivity contribution in [3.63, 3.8) is 0 Å². The summed E-state index contributed by atoms with van der Waals surface area (Å²) in [7, 11) is 0.716. The van der Waals surface area contributed by atoms with Crippen molar-refractivity contribution < 1.29 is 4.21 Å². The first-order valence-corrected chi connectivity index (χ1v) is 6.21. The van der Waals surface area contributed by atoms with Gasteiger partial charge in [0.15, 0.2) is 0 Å². The van der Waals surface area contributed by atoms with E-state index >= 15 is 0 Å². The van der Waals surface area contributed by atoms with Crippen LogP contribution < -0.4 is 5.32 Å². The first-order chi connectivity index (χ1) is 7.26. The molecule has 0 saturated carbocycles. The lowest BCUT2D eigenvalue weighted by Gasteiger charge is -2.07. The average Bonchev–Trinajstić information content (AvgIpc) is 2.27. The van der Waals surface area contributed by atoms with Crippen LogP contribution in [0.4, 0.5) is 0 Å². The van der Waals surface area contributed by atoms with Crippen LogP contribution in [0.25, 0.3) is 0 Å². The van der Waals surface area contributed by atoms with Crippen LogP contribution in [-0.4, -0.2) is 23.1 Å². The molecule has 4 heteroatoms. The van der Waals surface area contributed by atoms with Crippen molar-refractivity contribution in [1.82, 2.24) is 5.32 Å². The fraction of sp³-hybridized carbons (Fsp3) is 0.364. The van der Waals surface area contributed by atoms with Gasteiger partial charge in [-0.25, -0.2) is 0 Å². The Hall–Kier alpha value is -1.18. The van der Waals surface area contributed by atoms with Crippen LogP contribution in [0, 0.1) is 11.3 Å². The predicted octanol–water partition coefficient (Wildman–Crippen LogP) is 1.05. The van der Waals surface area contributed by atoms with E-state index in [2.05, 4.69) is 11.4 Å². The molecule has 0 fully saturated rings. The Balaban J connectivity index is 2.47. The maximum absolute atomic E-state index is 11.7. The zero-order chi connectivity index (χ0) is 11.1. The first-order valence-electron chi connectivity index (χ1n) is 4.72. The molecule has 0 bridgehead atoms. The minimum atomic E-state index is -0.986. The average molecular weight is 222 g/mol. The van der Waals surface area contributed by atoms with Gasteiger partial charge in [0, 0.05) is 16.6 Å². The summed E-state index contributed by atoms with van der Waals surface area (Å²) in [6.07, 6.45) is 0. The standard InChI is InChI=1S/C11H14N2OS/c1-13-11(7-12)9-15(14)8-10-5-3-2-4-6-10/h2-6,11,13H,8-9H2,1H3. The van der Waals surface area contributed by atoms with Crippen molar-refractivity contribution in [2.75, 3.05) is 12.8 Å². The van der Waals surface area contributed by atoms with Crippen LogP contribution in [0.2, 0.25) is 0 Å². The maximum Gasteiger partial charge on any atom is 0.107 e. The molecule has 0 aliphatic heterocycles. The molecule has 0 heterocycles. The molecular formula is C11H14N2OS. The highest BCUT2D eigenvalue weighted by molar-refractivity contribution is 7.84. The summed E-state index contributed by atoms with van der Waals surface area (Å²) in [6, 6.07) is 11.4. The van der Waals surface area contributed by atoms with E-state index in [0.717, 1.165) is 5.56 Å². The highest BCUT2D eigenvalue weighted by Gasteiger charge is 2.09. The van der Waals surface area contributed by atoms with Gasteiger partial charge in [0.25, 0.3) is 0 Å². The molecule has 0 aliphatic carbocycles. The van der Waals surface area contributed by atoms with Gasteiger partial charge in [-0.15, -0.1) is 0 Å². The van der Waals surface area contributed by atoms with Gasteiger partial charge in [-0.1, -0.05) is 30.3 Å². The smallest absolute Gasteiger partial charge is 0.107 e. The molecule has 0 saturated heterocycles. The summed E-state index contributed by atoms with van der Waals surface area (Å²) in [4.78, 5) is 0. The Morgan fingerprint density at radius 2 is 2.13 bits per heavy atom. The van der Waals surface area contributed by atoms with Crippen molar-refractivity contribution in [2.45, 2.75) is 11.8 Å². The van der Waals surface area contributed by atoms with E-state index in [0.29, 0.717) is 11.5 Å². The van der Waals surface area contributed by atoms with Crippen molar-refractivity contribution in [3.8, 4) is 6.07 Å². The summed E-state index contributed by atoms with van der Waals surface area (Å²) >= 11 is 0. The van der Waals surface area contributed by atoms with Crippen LogP contribution in [0.3, 0.4) is 0 Å². The molecule has 80 valence electrons. The van der Waals surface area contributed by atoms with Crippen LogP contribution in [0.1, 0.15) is 5.56 Å². The van der Waals surface area contributed by atoms with Crippen LogP contribution in [0.15, 0.2) is 30.3 Å². The quantitative estimate of drug-likeness (QED) is 0.810. The minimum absolute atomic E-state index is 0.324. The van der Waals surface area contributed by atoms with Gasteiger partial charge in [-0.3, -0.25) is 4.21 Å². The number of hydrogen-bond donors (Lipinski definition) is 1. The SMILES string of the molecule is CNC(C#N)CS(=O)Cc1ccccc1. The number of nitrogens with one attached hydrogen (secondary N) is 1. The monoisotopic (exact) mass is 222 g/mol. The maximum atomic E-state index is 11.7. The largest absolute Gasteiger partial charge is 0.304 e. The van der Waals surface area contributed by atoms with Crippen molar-refractivity contribution >= 4 is 10.8 Å². The Morgan fingerprint density at radius 3 is 2.67 bits per heavy atom. The Morgan fingerprint density at radius 1 is 1.47 bits per heavy atom. The van der Waals surface area contributed by atoms with E-state index in [1.165, 1.54) is 0 Å². The van der Waals surface area contributed by atoms with Gasteiger partial charge in [-0.05, 0) is 12.6 Å². The summed E-state index contributed by atoms with van der Waals surface area (Å²) in [6.45, 7) is 0. The number of benzene rings is 1. The minimum Gasteiger partial charge on any atom is -0.304 e. The lowest BCUT2D eigenvalue weighted by atomic mass is 10.2. The van der Waals surface area contributed by atoms with Gasteiger partial charge in [0.05, 0.1) is 11.8 Å². The van der Waals surface area contributed by atoms with Gasteiger partial charge < -0.3 is 5.32 Å². The molecule has 0 amide bonds. The Bertz CT molecular complexity index is 359. The summed E-state index contributed by atoms with van der Waals surface area (Å²) < 4.78 is 11.7. The third-order valence-corrected chi connectivity index (χ3v) is 3.39. The van der Waals surface area contributed by atoms with Gasteiger partial charge in [0.1, 0.15) is 6.04 Å². The van der Waals surface area contributed by atoms with Crippen LogP contribution >= 0.6 is 0 Å². The van der Waals surface area contributed by atoms with Gasteiger partial charge >= 0.3 is 0 Å². The number of nitrogens with zero attached hydrogens (tertiary/aromatic N) is 1. The molecule has 3 nitrogen and oxygen atoms in total. The normalized spacial score (nSPS) is 14.1. The van der Waals surface area contributed by atoms with E-state index in [-0.39, 0.29) is 6.04 Å². The highest BCUT2D eigenvalue weighted by atomic mass is 32.2. The number of rotatable bonds is 5. The third kappa shape index (κ3) is 4.24. The van der Waals surface area contributed by atoms with Crippen LogP contribution in [0.5, 0.6) is 0 Å². The van der Waals surface area contributed by atoms with Crippen molar-refractivity contribution in [2.24, 2.45) is 0 Å². The molecule has 2 atom stereocenters. The van der Waals surface area contributed by atoms with Crippen molar-refractivity contribution in [1.29, 1.82) is 5.26 Å². The first kappa shape index (κ1) is 11.9. The summed E-state index contributed by atoms with van der Waals surface area (Å²) in [5, 5.41) is 11.5. The zero-order valence-electron chi connectivity index (χ0n) is 8.64. The van der Waals surface area contributed by atoms with E-state index < -0.39 is 10.8 Å². The molecule has 1 aromatic carbocycles. The van der Waals surface area contributed by atoms with E-state index in [1.54, 1.807) is 7.05 Å². The van der Waals surface area contributed by atoms with Crippen LogP contribution in [-0.2, 0) is 16.6 Å². The molecule has 0 radical (unpaired) electrons. The summed E-state index contributed by atoms with van der Waals surface area (Å²) in [5.41, 5.74) is 1.05. The second kappa shape index (κ2) is 6.33. The molecule has 0 aromatic heterocycles. The molecular weight excluding hydrogens is 208 g/mol. The molecule has 1 N–H and O–H groups in total. The third-order valence-electron chi connectivity index (χ3n) is 2.03. The molecule has 15 heavy (non-hydrogen) atoms. The second-order valence-corrected chi connectivity index (χ2v) is 4.71. The number of hydrogen-bond acceptors (Lipinski definition) is 3. The fourth-order valence-corrected chi connectivity index (χ4v) is 2.49. The molecule has 1 rings (SSSR count). The molecule has 2 unspecified atom stereocenters. The number of nitriles is 1. The lowest BCUT2D eigenvalue weighted by molar-refractivity contribution is 0.669. The van der Waals surface area contributed by atoms with E-state index in [9.17, 15) is 4.21 Å².